The summed E-state index contributed by atoms with van der Waals surface area (Å²) in [6.45, 7) is 4.28. The Balaban J connectivity index is 2.17. The molecule has 1 aliphatic rings. The third kappa shape index (κ3) is 4.45. The molecular weight excluding hydrogens is 208 g/mol. The van der Waals surface area contributed by atoms with Crippen LogP contribution in [0.2, 0.25) is 0 Å². The first kappa shape index (κ1) is 12.9. The van der Waals surface area contributed by atoms with E-state index in [0.29, 0.717) is 0 Å². The van der Waals surface area contributed by atoms with Crippen LogP contribution >= 0.6 is 11.8 Å². The number of carbonyl (C=O) groups excluding carboxylic acids is 1. The zero-order chi connectivity index (χ0) is 11.3. The molecule has 15 heavy (non-hydrogen) atoms. The van der Waals surface area contributed by atoms with Gasteiger partial charge in [0, 0.05) is 11.0 Å². The summed E-state index contributed by atoms with van der Waals surface area (Å²) in [7, 11) is 1.46. The predicted molar refractivity (Wildman–Crippen MR) is 65.1 cm³/mol. The van der Waals surface area contributed by atoms with E-state index in [-0.39, 0.29) is 11.9 Å². The van der Waals surface area contributed by atoms with E-state index in [4.69, 9.17) is 4.74 Å². The molecule has 0 saturated heterocycles. The topological polar surface area (TPSA) is 26.3 Å². The Kier molecular flexibility index (Phi) is 5.51. The maximum Gasteiger partial charge on any atom is 0.309 e. The van der Waals surface area contributed by atoms with Crippen LogP contribution in [0.25, 0.3) is 0 Å². The van der Waals surface area contributed by atoms with Crippen molar-refractivity contribution in [1.82, 2.24) is 0 Å². The van der Waals surface area contributed by atoms with Gasteiger partial charge in [-0.25, -0.2) is 0 Å². The largest absolute Gasteiger partial charge is 0.469 e. The molecule has 0 aliphatic heterocycles. The predicted octanol–water partition coefficient (Wildman–Crippen LogP) is 3.11. The summed E-state index contributed by atoms with van der Waals surface area (Å²) in [5.74, 6) is 1.78. The lowest BCUT2D eigenvalue weighted by atomic mass is 9.91. The molecular formula is C12H22O2S. The van der Waals surface area contributed by atoms with Gasteiger partial charge in [0.05, 0.1) is 13.0 Å². The molecule has 1 fully saturated rings. The molecule has 0 aromatic heterocycles. The van der Waals surface area contributed by atoms with Gasteiger partial charge in [0.15, 0.2) is 0 Å². The van der Waals surface area contributed by atoms with E-state index in [1.807, 2.05) is 18.7 Å². The normalized spacial score (nSPS) is 28.5. The molecule has 1 aliphatic carbocycles. The van der Waals surface area contributed by atoms with Crippen molar-refractivity contribution in [2.75, 3.05) is 12.9 Å². The van der Waals surface area contributed by atoms with E-state index in [2.05, 4.69) is 6.92 Å². The lowest BCUT2D eigenvalue weighted by molar-refractivity contribution is -0.143. The van der Waals surface area contributed by atoms with Crippen LogP contribution in [-0.2, 0) is 9.53 Å². The van der Waals surface area contributed by atoms with Crippen LogP contribution in [0.4, 0.5) is 0 Å². The van der Waals surface area contributed by atoms with Gasteiger partial charge in [-0.2, -0.15) is 11.8 Å². The van der Waals surface area contributed by atoms with Gasteiger partial charge in [0.1, 0.15) is 0 Å². The third-order valence-corrected chi connectivity index (χ3v) is 4.78. The molecule has 1 saturated carbocycles. The minimum atomic E-state index is -0.0772. The molecule has 0 heterocycles. The fraction of sp³-hybridized carbons (Fsp3) is 0.917. The van der Waals surface area contributed by atoms with E-state index in [9.17, 15) is 4.79 Å². The number of hydrogen-bond donors (Lipinski definition) is 0. The maximum absolute atomic E-state index is 11.2. The van der Waals surface area contributed by atoms with Gasteiger partial charge < -0.3 is 4.74 Å². The number of hydrogen-bond acceptors (Lipinski definition) is 3. The number of rotatable bonds is 4. The summed E-state index contributed by atoms with van der Waals surface area (Å²) in [5.41, 5.74) is 0. The van der Waals surface area contributed by atoms with E-state index >= 15 is 0 Å². The fourth-order valence-corrected chi connectivity index (χ4v) is 3.25. The highest BCUT2D eigenvalue weighted by Gasteiger charge is 2.21. The van der Waals surface area contributed by atoms with Crippen LogP contribution in [0.3, 0.4) is 0 Å². The molecule has 1 unspecified atom stereocenters. The summed E-state index contributed by atoms with van der Waals surface area (Å²) in [6.07, 6.45) is 5.34. The van der Waals surface area contributed by atoms with Crippen molar-refractivity contribution in [2.24, 2.45) is 11.8 Å². The number of ether oxygens (including phenoxy) is 1. The minimum absolute atomic E-state index is 0.0411. The third-order valence-electron chi connectivity index (χ3n) is 3.15. The zero-order valence-electron chi connectivity index (χ0n) is 9.99. The first-order valence-corrected chi connectivity index (χ1v) is 6.87. The molecule has 88 valence electrons. The van der Waals surface area contributed by atoms with Crippen LogP contribution in [0.15, 0.2) is 0 Å². The van der Waals surface area contributed by atoms with Crippen LogP contribution in [0, 0.1) is 11.8 Å². The number of methoxy groups -OCH3 is 1. The van der Waals surface area contributed by atoms with Gasteiger partial charge in [-0.3, -0.25) is 4.79 Å². The molecule has 3 heteroatoms. The van der Waals surface area contributed by atoms with Crippen molar-refractivity contribution in [3.8, 4) is 0 Å². The monoisotopic (exact) mass is 230 g/mol. The lowest BCUT2D eigenvalue weighted by Gasteiger charge is -2.26. The molecule has 0 aromatic rings. The zero-order valence-corrected chi connectivity index (χ0v) is 10.8. The van der Waals surface area contributed by atoms with Gasteiger partial charge in [0.25, 0.3) is 0 Å². The van der Waals surface area contributed by atoms with Crippen molar-refractivity contribution in [3.05, 3.63) is 0 Å². The molecule has 0 N–H and O–H groups in total. The van der Waals surface area contributed by atoms with Crippen molar-refractivity contribution in [1.29, 1.82) is 0 Å². The number of thioether (sulfide) groups is 1. The number of esters is 1. The average molecular weight is 230 g/mol. The Hall–Kier alpha value is -0.180. The highest BCUT2D eigenvalue weighted by Crippen LogP contribution is 2.32. The Morgan fingerprint density at radius 1 is 1.40 bits per heavy atom. The van der Waals surface area contributed by atoms with Gasteiger partial charge in [-0.1, -0.05) is 13.8 Å². The lowest BCUT2D eigenvalue weighted by Crippen LogP contribution is -2.19. The smallest absolute Gasteiger partial charge is 0.309 e. The van der Waals surface area contributed by atoms with Crippen molar-refractivity contribution in [3.63, 3.8) is 0 Å². The van der Waals surface area contributed by atoms with Gasteiger partial charge in [-0.15, -0.1) is 0 Å². The molecule has 0 radical (unpaired) electrons. The Labute approximate surface area is 97.1 Å². The maximum atomic E-state index is 11.2. The summed E-state index contributed by atoms with van der Waals surface area (Å²) in [5, 5.41) is 0.772. The van der Waals surface area contributed by atoms with E-state index in [1.54, 1.807) is 0 Å². The Bertz CT molecular complexity index is 198. The van der Waals surface area contributed by atoms with Gasteiger partial charge in [-0.05, 0) is 31.6 Å². The summed E-state index contributed by atoms with van der Waals surface area (Å²) in [4.78, 5) is 11.2. The molecule has 0 bridgehead atoms. The van der Waals surface area contributed by atoms with E-state index < -0.39 is 0 Å². The standard InChI is InChI=1S/C12H22O2S/c1-9-4-6-11(7-5-9)15-8-10(2)12(13)14-3/h9-11H,4-8H2,1-3H3. The van der Waals surface area contributed by atoms with E-state index in [0.717, 1.165) is 16.9 Å². The van der Waals surface area contributed by atoms with Gasteiger partial charge >= 0.3 is 5.97 Å². The Morgan fingerprint density at radius 3 is 2.53 bits per heavy atom. The highest BCUT2D eigenvalue weighted by molar-refractivity contribution is 7.99. The minimum Gasteiger partial charge on any atom is -0.469 e. The van der Waals surface area contributed by atoms with Crippen LogP contribution < -0.4 is 0 Å². The van der Waals surface area contributed by atoms with E-state index in [1.165, 1.54) is 32.8 Å². The highest BCUT2D eigenvalue weighted by atomic mass is 32.2. The second-order valence-electron chi connectivity index (χ2n) is 4.64. The SMILES string of the molecule is COC(=O)C(C)CSC1CCC(C)CC1. The van der Waals surface area contributed by atoms with Gasteiger partial charge in [0.2, 0.25) is 0 Å². The molecule has 2 nitrogen and oxygen atoms in total. The average Bonchev–Trinajstić information content (AvgIpc) is 2.26. The molecule has 1 atom stereocenters. The van der Waals surface area contributed by atoms with Crippen molar-refractivity contribution in [2.45, 2.75) is 44.8 Å². The molecule has 0 amide bonds. The number of carbonyl (C=O) groups is 1. The molecule has 0 aromatic carbocycles. The van der Waals surface area contributed by atoms with Crippen molar-refractivity contribution < 1.29 is 9.53 Å². The summed E-state index contributed by atoms with van der Waals surface area (Å²) < 4.78 is 4.72. The second-order valence-corrected chi connectivity index (χ2v) is 5.97. The first-order valence-electron chi connectivity index (χ1n) is 5.83. The van der Waals surface area contributed by atoms with Crippen LogP contribution in [-0.4, -0.2) is 24.1 Å². The van der Waals surface area contributed by atoms with Crippen molar-refractivity contribution >= 4 is 17.7 Å². The summed E-state index contributed by atoms with van der Waals surface area (Å²) >= 11 is 1.95. The molecule has 0 spiro atoms. The fourth-order valence-electron chi connectivity index (χ4n) is 1.95. The van der Waals surface area contributed by atoms with Crippen LogP contribution in [0.5, 0.6) is 0 Å². The second kappa shape index (κ2) is 6.41. The molecule has 1 rings (SSSR count). The van der Waals surface area contributed by atoms with Crippen LogP contribution in [0.1, 0.15) is 39.5 Å². The first-order chi connectivity index (χ1) is 7.13. The Morgan fingerprint density at radius 2 is 2.00 bits per heavy atom. The quantitative estimate of drug-likeness (QED) is 0.694. The summed E-state index contributed by atoms with van der Waals surface area (Å²) in [6, 6.07) is 0.